The smallest absolute Gasteiger partial charge is 0.0742 e. The lowest BCUT2D eigenvalue weighted by Crippen LogP contribution is -2.15. The molecule has 0 aliphatic heterocycles. The lowest BCUT2D eigenvalue weighted by Gasteiger charge is -2.11. The van der Waals surface area contributed by atoms with Gasteiger partial charge in [0.1, 0.15) is 0 Å². The van der Waals surface area contributed by atoms with Crippen LogP contribution in [0.15, 0.2) is 12.7 Å². The highest BCUT2D eigenvalue weighted by molar-refractivity contribution is 4.80. The highest BCUT2D eigenvalue weighted by atomic mass is 16.3. The standard InChI is InChI=1S/C10H20O2/c1-3-5-6-7-10(12)8-9(11)4-2/h4,9-12H,2-3,5-8H2,1H3/t9-,10+/m0/s1. The predicted octanol–water partition coefficient (Wildman–Crippen LogP) is 1.86. The number of hydrogen-bond acceptors (Lipinski definition) is 2. The normalized spacial score (nSPS) is 15.6. The Bertz CT molecular complexity index is 112. The summed E-state index contributed by atoms with van der Waals surface area (Å²) in [5.41, 5.74) is 0. The van der Waals surface area contributed by atoms with E-state index in [9.17, 15) is 5.11 Å². The van der Waals surface area contributed by atoms with Gasteiger partial charge in [-0.25, -0.2) is 0 Å². The first kappa shape index (κ1) is 11.7. The van der Waals surface area contributed by atoms with E-state index < -0.39 is 6.10 Å². The van der Waals surface area contributed by atoms with E-state index in [0.29, 0.717) is 6.42 Å². The summed E-state index contributed by atoms with van der Waals surface area (Å²) >= 11 is 0. The summed E-state index contributed by atoms with van der Waals surface area (Å²) in [5, 5.41) is 18.5. The second-order valence-corrected chi connectivity index (χ2v) is 3.19. The van der Waals surface area contributed by atoms with Crippen LogP contribution in [0.2, 0.25) is 0 Å². The third-order valence-electron chi connectivity index (χ3n) is 1.93. The largest absolute Gasteiger partial charge is 0.393 e. The molecule has 0 heterocycles. The molecule has 0 saturated heterocycles. The monoisotopic (exact) mass is 172 g/mol. The molecule has 72 valence electrons. The minimum Gasteiger partial charge on any atom is -0.393 e. The van der Waals surface area contributed by atoms with Crippen molar-refractivity contribution in [3.8, 4) is 0 Å². The van der Waals surface area contributed by atoms with Gasteiger partial charge in [-0.1, -0.05) is 32.3 Å². The Kier molecular flexibility index (Phi) is 7.11. The maximum Gasteiger partial charge on any atom is 0.0742 e. The number of hydrogen-bond donors (Lipinski definition) is 2. The molecule has 0 rings (SSSR count). The van der Waals surface area contributed by atoms with Gasteiger partial charge in [-0.3, -0.25) is 0 Å². The van der Waals surface area contributed by atoms with Crippen LogP contribution in [-0.2, 0) is 0 Å². The third kappa shape index (κ3) is 6.38. The Labute approximate surface area is 74.9 Å². The van der Waals surface area contributed by atoms with Crippen LogP contribution >= 0.6 is 0 Å². The zero-order valence-corrected chi connectivity index (χ0v) is 7.87. The Balaban J connectivity index is 3.32. The van der Waals surface area contributed by atoms with E-state index in [1.54, 1.807) is 0 Å². The Hall–Kier alpha value is -0.340. The first-order valence-electron chi connectivity index (χ1n) is 4.69. The molecule has 0 aromatic heterocycles. The van der Waals surface area contributed by atoms with E-state index in [4.69, 9.17) is 5.11 Å². The van der Waals surface area contributed by atoms with E-state index in [2.05, 4.69) is 13.5 Å². The van der Waals surface area contributed by atoms with Gasteiger partial charge in [-0.2, -0.15) is 0 Å². The summed E-state index contributed by atoms with van der Waals surface area (Å²) in [6.45, 7) is 5.58. The van der Waals surface area contributed by atoms with Crippen LogP contribution in [0.1, 0.15) is 39.0 Å². The van der Waals surface area contributed by atoms with Crippen molar-refractivity contribution in [2.75, 3.05) is 0 Å². The van der Waals surface area contributed by atoms with Gasteiger partial charge in [0, 0.05) is 6.42 Å². The van der Waals surface area contributed by atoms with Gasteiger partial charge >= 0.3 is 0 Å². The maximum atomic E-state index is 9.37. The lowest BCUT2D eigenvalue weighted by molar-refractivity contribution is 0.0959. The zero-order valence-electron chi connectivity index (χ0n) is 7.87. The summed E-state index contributed by atoms with van der Waals surface area (Å²) < 4.78 is 0. The molecule has 12 heavy (non-hydrogen) atoms. The van der Waals surface area contributed by atoms with Crippen LogP contribution in [0.25, 0.3) is 0 Å². The Morgan fingerprint density at radius 1 is 1.33 bits per heavy atom. The quantitative estimate of drug-likeness (QED) is 0.454. The van der Waals surface area contributed by atoms with Crippen molar-refractivity contribution >= 4 is 0 Å². The Morgan fingerprint density at radius 3 is 2.50 bits per heavy atom. The van der Waals surface area contributed by atoms with Crippen LogP contribution in [0.3, 0.4) is 0 Å². The second kappa shape index (κ2) is 7.32. The van der Waals surface area contributed by atoms with Gasteiger partial charge in [-0.15, -0.1) is 6.58 Å². The predicted molar refractivity (Wildman–Crippen MR) is 51.0 cm³/mol. The van der Waals surface area contributed by atoms with E-state index in [0.717, 1.165) is 25.7 Å². The fraction of sp³-hybridized carbons (Fsp3) is 0.800. The van der Waals surface area contributed by atoms with E-state index in [1.165, 1.54) is 6.08 Å². The van der Waals surface area contributed by atoms with Gasteiger partial charge in [-0.05, 0) is 6.42 Å². The molecule has 0 amide bonds. The molecule has 0 fully saturated rings. The van der Waals surface area contributed by atoms with E-state index in [-0.39, 0.29) is 6.10 Å². The summed E-state index contributed by atoms with van der Waals surface area (Å²) in [5.74, 6) is 0. The zero-order chi connectivity index (χ0) is 9.40. The third-order valence-corrected chi connectivity index (χ3v) is 1.93. The highest BCUT2D eigenvalue weighted by Crippen LogP contribution is 2.08. The van der Waals surface area contributed by atoms with Crippen molar-refractivity contribution in [1.82, 2.24) is 0 Å². The number of aliphatic hydroxyl groups is 2. The van der Waals surface area contributed by atoms with Gasteiger partial charge in [0.15, 0.2) is 0 Å². The first-order chi connectivity index (χ1) is 5.70. The summed E-state index contributed by atoms with van der Waals surface area (Å²) in [6, 6.07) is 0. The number of unbranched alkanes of at least 4 members (excludes halogenated alkanes) is 2. The van der Waals surface area contributed by atoms with Crippen LogP contribution in [0.4, 0.5) is 0 Å². The highest BCUT2D eigenvalue weighted by Gasteiger charge is 2.07. The molecule has 0 bridgehead atoms. The first-order valence-corrected chi connectivity index (χ1v) is 4.69. The fourth-order valence-corrected chi connectivity index (χ4v) is 1.12. The number of aliphatic hydroxyl groups excluding tert-OH is 2. The molecule has 0 aromatic rings. The molecule has 0 aliphatic carbocycles. The van der Waals surface area contributed by atoms with Crippen molar-refractivity contribution in [3.05, 3.63) is 12.7 Å². The van der Waals surface area contributed by atoms with Crippen molar-refractivity contribution in [2.24, 2.45) is 0 Å². The summed E-state index contributed by atoms with van der Waals surface area (Å²) in [4.78, 5) is 0. The van der Waals surface area contributed by atoms with Gasteiger partial charge in [0.05, 0.1) is 12.2 Å². The van der Waals surface area contributed by atoms with Crippen LogP contribution in [0, 0.1) is 0 Å². The molecule has 0 unspecified atom stereocenters. The van der Waals surface area contributed by atoms with E-state index >= 15 is 0 Å². The molecule has 2 atom stereocenters. The van der Waals surface area contributed by atoms with Crippen molar-refractivity contribution < 1.29 is 10.2 Å². The van der Waals surface area contributed by atoms with Crippen LogP contribution in [-0.4, -0.2) is 22.4 Å². The lowest BCUT2D eigenvalue weighted by atomic mass is 10.1. The Morgan fingerprint density at radius 2 is 2.00 bits per heavy atom. The van der Waals surface area contributed by atoms with Gasteiger partial charge < -0.3 is 10.2 Å². The average molecular weight is 172 g/mol. The molecule has 2 nitrogen and oxygen atoms in total. The molecule has 2 heteroatoms. The van der Waals surface area contributed by atoms with Crippen LogP contribution < -0.4 is 0 Å². The van der Waals surface area contributed by atoms with Gasteiger partial charge in [0.25, 0.3) is 0 Å². The van der Waals surface area contributed by atoms with Crippen molar-refractivity contribution in [2.45, 2.75) is 51.2 Å². The minimum absolute atomic E-state index is 0.371. The summed E-state index contributed by atoms with van der Waals surface area (Å²) in [7, 11) is 0. The molecule has 0 aromatic carbocycles. The molecule has 0 radical (unpaired) electrons. The minimum atomic E-state index is -0.554. The molecular formula is C10H20O2. The topological polar surface area (TPSA) is 40.5 Å². The van der Waals surface area contributed by atoms with Crippen molar-refractivity contribution in [1.29, 1.82) is 0 Å². The maximum absolute atomic E-state index is 9.37. The number of rotatable bonds is 7. The molecular weight excluding hydrogens is 152 g/mol. The summed E-state index contributed by atoms with van der Waals surface area (Å²) in [6.07, 6.45) is 5.11. The fourth-order valence-electron chi connectivity index (χ4n) is 1.12. The molecule has 0 aliphatic rings. The molecule has 0 spiro atoms. The average Bonchev–Trinajstić information content (AvgIpc) is 2.05. The molecule has 2 N–H and O–H groups in total. The van der Waals surface area contributed by atoms with Crippen molar-refractivity contribution in [3.63, 3.8) is 0 Å². The molecule has 0 saturated carbocycles. The van der Waals surface area contributed by atoms with Crippen LogP contribution in [0.5, 0.6) is 0 Å². The van der Waals surface area contributed by atoms with Gasteiger partial charge in [0.2, 0.25) is 0 Å². The van der Waals surface area contributed by atoms with E-state index in [1.807, 2.05) is 0 Å². The second-order valence-electron chi connectivity index (χ2n) is 3.19. The SMILES string of the molecule is C=C[C@H](O)C[C@H](O)CCCCC.